The van der Waals surface area contributed by atoms with Gasteiger partial charge in [0.2, 0.25) is 5.91 Å². The smallest absolute Gasteiger partial charge is 0.337 e. The molecule has 0 bridgehead atoms. The van der Waals surface area contributed by atoms with Crippen molar-refractivity contribution in [1.82, 2.24) is 34.3 Å². The van der Waals surface area contributed by atoms with Gasteiger partial charge in [-0.2, -0.15) is 10.2 Å². The molecule has 0 radical (unpaired) electrons. The minimum atomic E-state index is -2.65. The number of amides is 1. The summed E-state index contributed by atoms with van der Waals surface area (Å²) >= 11 is 0. The number of aryl methyl sites for hydroxylation is 2. The third kappa shape index (κ3) is 7.00. The summed E-state index contributed by atoms with van der Waals surface area (Å²) in [6.45, 7) is 8.22. The van der Waals surface area contributed by atoms with Gasteiger partial charge in [0.05, 0.1) is 24.3 Å². The van der Waals surface area contributed by atoms with Crippen molar-refractivity contribution in [3.8, 4) is 11.1 Å². The van der Waals surface area contributed by atoms with Crippen LogP contribution in [0.2, 0.25) is 0 Å². The van der Waals surface area contributed by atoms with Crippen molar-refractivity contribution < 1.29 is 23.5 Å². The van der Waals surface area contributed by atoms with Crippen molar-refractivity contribution >= 4 is 29.2 Å². The number of carbonyl (C=O) groups is 2. The summed E-state index contributed by atoms with van der Waals surface area (Å²) in [7, 11) is 1.79. The average molecular weight is 728 g/mol. The molecule has 0 saturated carbocycles. The van der Waals surface area contributed by atoms with Gasteiger partial charge in [0.15, 0.2) is 5.82 Å². The molecular formula is C39H47F2N9O3. The number of nitrogens with zero attached hydrogens (tertiary/aromatic N) is 9. The van der Waals surface area contributed by atoms with Gasteiger partial charge >= 0.3 is 5.97 Å². The molecule has 0 aliphatic carbocycles. The Morgan fingerprint density at radius 1 is 0.981 bits per heavy atom. The van der Waals surface area contributed by atoms with Gasteiger partial charge in [-0.1, -0.05) is 0 Å². The van der Waals surface area contributed by atoms with E-state index < -0.39 is 12.4 Å². The number of benzene rings is 1. The van der Waals surface area contributed by atoms with E-state index in [9.17, 15) is 23.5 Å². The van der Waals surface area contributed by atoms with Crippen LogP contribution >= 0.6 is 0 Å². The number of alkyl halides is 2. The van der Waals surface area contributed by atoms with Crippen LogP contribution in [0.1, 0.15) is 84.2 Å². The monoisotopic (exact) mass is 727 g/mol. The summed E-state index contributed by atoms with van der Waals surface area (Å²) in [5.74, 6) is 1.29. The summed E-state index contributed by atoms with van der Waals surface area (Å²) in [6.07, 6.45) is 8.67. The first-order chi connectivity index (χ1) is 25.6. The zero-order valence-corrected chi connectivity index (χ0v) is 30.4. The molecule has 4 aliphatic heterocycles. The van der Waals surface area contributed by atoms with Crippen LogP contribution < -0.4 is 9.80 Å². The molecule has 0 atom stereocenters. The molecule has 14 heteroatoms. The normalized spacial score (nSPS) is 18.8. The molecule has 1 N–H and O–H groups in total. The SMILES string of the molecule is CC(=O)N1CCc2c(c(N3CCCc4cc(-c5cnn(C)c5)c(C(F)F)cc43)nn2C2CCN(CC3CCN(c4ccc(C(=O)O)cn4)CC3)CC2)C1. The molecular weight excluding hydrogens is 680 g/mol. The number of aromatic nitrogens is 5. The van der Waals surface area contributed by atoms with Crippen molar-refractivity contribution in [2.75, 3.05) is 55.6 Å². The number of carboxylic acid groups (broad SMARTS) is 1. The van der Waals surface area contributed by atoms with E-state index in [1.807, 2.05) is 11.0 Å². The van der Waals surface area contributed by atoms with E-state index >= 15 is 0 Å². The van der Waals surface area contributed by atoms with Crippen molar-refractivity contribution in [3.05, 3.63) is 70.8 Å². The van der Waals surface area contributed by atoms with E-state index in [0.29, 0.717) is 36.7 Å². The van der Waals surface area contributed by atoms with E-state index in [0.717, 1.165) is 106 Å². The van der Waals surface area contributed by atoms with Crippen LogP contribution in [0.5, 0.6) is 0 Å². The van der Waals surface area contributed by atoms with Crippen molar-refractivity contribution in [2.45, 2.75) is 70.9 Å². The minimum absolute atomic E-state index is 0.00794. The number of piperidine rings is 2. The summed E-state index contributed by atoms with van der Waals surface area (Å²) < 4.78 is 33.2. The van der Waals surface area contributed by atoms with Crippen LogP contribution in [0.15, 0.2) is 42.9 Å². The second kappa shape index (κ2) is 14.5. The number of rotatable bonds is 8. The predicted octanol–water partition coefficient (Wildman–Crippen LogP) is 5.86. The Balaban J connectivity index is 0.989. The lowest BCUT2D eigenvalue weighted by molar-refractivity contribution is -0.129. The summed E-state index contributed by atoms with van der Waals surface area (Å²) in [4.78, 5) is 37.0. The Kier molecular flexibility index (Phi) is 9.64. The molecule has 2 saturated heterocycles. The van der Waals surface area contributed by atoms with Crippen LogP contribution in [0.4, 0.5) is 26.1 Å². The number of hydrogen-bond acceptors (Lipinski definition) is 8. The molecule has 2 fully saturated rings. The highest BCUT2D eigenvalue weighted by atomic mass is 19.3. The number of anilines is 3. The number of halogens is 2. The van der Waals surface area contributed by atoms with Crippen LogP contribution in [0.25, 0.3) is 11.1 Å². The van der Waals surface area contributed by atoms with E-state index in [1.54, 1.807) is 49.2 Å². The summed E-state index contributed by atoms with van der Waals surface area (Å²) in [5, 5.41) is 18.7. The van der Waals surface area contributed by atoms with Gasteiger partial charge in [-0.15, -0.1) is 0 Å². The lowest BCUT2D eigenvalue weighted by Crippen LogP contribution is -2.42. The van der Waals surface area contributed by atoms with Crippen LogP contribution in [0, 0.1) is 5.92 Å². The molecule has 8 rings (SSSR count). The number of likely N-dealkylation sites (tertiary alicyclic amines) is 1. The molecule has 12 nitrogen and oxygen atoms in total. The quantitative estimate of drug-likeness (QED) is 0.239. The molecule has 280 valence electrons. The maximum absolute atomic E-state index is 14.6. The second-order valence-corrected chi connectivity index (χ2v) is 15.1. The van der Waals surface area contributed by atoms with Gasteiger partial charge in [-0.25, -0.2) is 18.6 Å². The molecule has 1 amide bonds. The first-order valence-corrected chi connectivity index (χ1v) is 18.9. The highest BCUT2D eigenvalue weighted by molar-refractivity contribution is 5.87. The van der Waals surface area contributed by atoms with E-state index in [-0.39, 0.29) is 23.1 Å². The lowest BCUT2D eigenvalue weighted by Gasteiger charge is -2.38. The van der Waals surface area contributed by atoms with Crippen LogP contribution in [-0.4, -0.2) is 97.1 Å². The summed E-state index contributed by atoms with van der Waals surface area (Å²) in [6, 6.07) is 7.23. The molecule has 4 aliphatic rings. The standard InChI is InChI=1S/C39H47F2N9O3/c1-25(51)48-17-11-34-33(24-48)38(49-12-3-4-27-18-31(29-21-43-45(2)23-29)32(37(40)41)19-35(27)49)44-50(34)30-9-13-46(14-10-30)22-26-7-15-47(16-8-26)36-6-5-28(20-42-36)39(52)53/h5-6,18-21,23,26,30,37H,3-4,7-17,22,24H2,1-2H3,(H,52,53). The predicted molar refractivity (Wildman–Crippen MR) is 197 cm³/mol. The molecule has 0 spiro atoms. The second-order valence-electron chi connectivity index (χ2n) is 15.1. The zero-order valence-electron chi connectivity index (χ0n) is 30.4. The third-order valence-electron chi connectivity index (χ3n) is 11.7. The molecule has 3 aromatic heterocycles. The minimum Gasteiger partial charge on any atom is -0.478 e. The first-order valence-electron chi connectivity index (χ1n) is 18.9. The first kappa shape index (κ1) is 35.2. The van der Waals surface area contributed by atoms with Gasteiger partial charge in [0.1, 0.15) is 5.82 Å². The molecule has 4 aromatic rings. The molecule has 1 aromatic carbocycles. The van der Waals surface area contributed by atoms with Crippen molar-refractivity contribution in [3.63, 3.8) is 0 Å². The number of hydrogen-bond donors (Lipinski definition) is 1. The topological polar surface area (TPSA) is 116 Å². The summed E-state index contributed by atoms with van der Waals surface area (Å²) in [5.41, 5.74) is 5.40. The fraction of sp³-hybridized carbons (Fsp3) is 0.513. The Morgan fingerprint density at radius 2 is 1.77 bits per heavy atom. The number of carbonyl (C=O) groups excluding carboxylic acids is 1. The largest absolute Gasteiger partial charge is 0.478 e. The highest BCUT2D eigenvalue weighted by Gasteiger charge is 2.35. The molecule has 7 heterocycles. The zero-order chi connectivity index (χ0) is 36.8. The maximum Gasteiger partial charge on any atom is 0.337 e. The van der Waals surface area contributed by atoms with Crippen LogP contribution in [-0.2, 0) is 31.2 Å². The van der Waals surface area contributed by atoms with E-state index in [4.69, 9.17) is 5.10 Å². The van der Waals surface area contributed by atoms with Gasteiger partial charge in [-0.3, -0.25) is 14.2 Å². The van der Waals surface area contributed by atoms with Crippen LogP contribution in [0.3, 0.4) is 0 Å². The Morgan fingerprint density at radius 3 is 2.43 bits per heavy atom. The van der Waals surface area contributed by atoms with E-state index in [2.05, 4.69) is 29.5 Å². The number of carboxylic acids is 1. The van der Waals surface area contributed by atoms with Crippen molar-refractivity contribution in [1.29, 1.82) is 0 Å². The van der Waals surface area contributed by atoms with Gasteiger partial charge < -0.3 is 24.7 Å². The molecule has 0 unspecified atom stereocenters. The molecule has 53 heavy (non-hydrogen) atoms. The van der Waals surface area contributed by atoms with Gasteiger partial charge in [0.25, 0.3) is 6.43 Å². The highest BCUT2D eigenvalue weighted by Crippen LogP contribution is 2.44. The Hall–Kier alpha value is -4.85. The fourth-order valence-corrected chi connectivity index (χ4v) is 8.83. The Bertz CT molecular complexity index is 1980. The van der Waals surface area contributed by atoms with Gasteiger partial charge in [-0.05, 0) is 79.8 Å². The maximum atomic E-state index is 14.6. The Labute approximate surface area is 308 Å². The number of fused-ring (bicyclic) bond motifs is 2. The fourth-order valence-electron chi connectivity index (χ4n) is 8.83. The van der Waals surface area contributed by atoms with Gasteiger partial charge in [0, 0.05) is 107 Å². The lowest BCUT2D eigenvalue weighted by atomic mass is 9.92. The van der Waals surface area contributed by atoms with E-state index in [1.165, 1.54) is 11.9 Å². The number of pyridine rings is 1. The average Bonchev–Trinajstić information content (AvgIpc) is 3.78. The number of aromatic carboxylic acids is 1. The van der Waals surface area contributed by atoms with Crippen molar-refractivity contribution in [2.24, 2.45) is 13.0 Å². The third-order valence-corrected chi connectivity index (χ3v) is 11.7.